The maximum Gasteiger partial charge on any atom is 0.192 e. The van der Waals surface area contributed by atoms with E-state index in [2.05, 4.69) is 16.9 Å². The number of oxazole rings is 1. The van der Waals surface area contributed by atoms with E-state index in [-0.39, 0.29) is 0 Å². The van der Waals surface area contributed by atoms with Crippen LogP contribution in [0.5, 0.6) is 0 Å². The Morgan fingerprint density at radius 2 is 2.38 bits per heavy atom. The largest absolute Gasteiger partial charge is 0.441 e. The summed E-state index contributed by atoms with van der Waals surface area (Å²) in [5.41, 5.74) is 0.798. The van der Waals surface area contributed by atoms with Crippen molar-refractivity contribution in [2.45, 2.75) is 6.92 Å². The molecule has 1 heterocycles. The average Bonchev–Trinajstić information content (AvgIpc) is 2.44. The predicted molar refractivity (Wildman–Crippen MR) is 53.5 cm³/mol. The first kappa shape index (κ1) is 9.74. The van der Waals surface area contributed by atoms with Gasteiger partial charge in [-0.2, -0.15) is 0 Å². The Morgan fingerprint density at radius 1 is 1.62 bits per heavy atom. The highest BCUT2D eigenvalue weighted by Gasteiger charge is 1.93. The first-order valence-electron chi connectivity index (χ1n) is 4.19. The van der Waals surface area contributed by atoms with E-state index in [1.165, 1.54) is 0 Å². The Hall–Kier alpha value is -1.35. The van der Waals surface area contributed by atoms with Gasteiger partial charge in [0.15, 0.2) is 11.3 Å². The first-order valence-corrected chi connectivity index (χ1v) is 4.19. The molecule has 3 heteroatoms. The van der Waals surface area contributed by atoms with E-state index < -0.39 is 0 Å². The summed E-state index contributed by atoms with van der Waals surface area (Å²) < 4.78 is 5.38. The fourth-order valence-electron chi connectivity index (χ4n) is 1.03. The van der Waals surface area contributed by atoms with Crippen molar-refractivity contribution in [3.63, 3.8) is 0 Å². The Morgan fingerprint density at radius 3 is 3.00 bits per heavy atom. The van der Waals surface area contributed by atoms with Crippen LogP contribution in [0.25, 0.3) is 12.2 Å². The molecule has 0 amide bonds. The van der Waals surface area contributed by atoms with Crippen LogP contribution in [0.3, 0.4) is 0 Å². The molecule has 0 saturated carbocycles. The highest BCUT2D eigenvalue weighted by Crippen LogP contribution is 1.79. The van der Waals surface area contributed by atoms with Crippen LogP contribution in [0.1, 0.15) is 5.89 Å². The van der Waals surface area contributed by atoms with Crippen molar-refractivity contribution in [2.75, 3.05) is 13.6 Å². The van der Waals surface area contributed by atoms with Crippen LogP contribution in [0.2, 0.25) is 0 Å². The number of hydrogen-bond acceptors (Lipinski definition) is 3. The molecule has 0 atom stereocenters. The van der Waals surface area contributed by atoms with Crippen LogP contribution in [-0.4, -0.2) is 18.6 Å². The monoisotopic (exact) mass is 178 g/mol. The zero-order chi connectivity index (χ0) is 9.68. The summed E-state index contributed by atoms with van der Waals surface area (Å²) in [6.45, 7) is 6.22. The molecule has 1 aromatic heterocycles. The fraction of sp³-hybridized carbons (Fsp3) is 0.300. The third-order valence-electron chi connectivity index (χ3n) is 1.56. The Kier molecular flexibility index (Phi) is 3.46. The minimum absolute atomic E-state index is 0.676. The summed E-state index contributed by atoms with van der Waals surface area (Å²) in [5, 5.41) is 3.85. The molecule has 3 nitrogen and oxygen atoms in total. The second-order valence-corrected chi connectivity index (χ2v) is 2.65. The lowest BCUT2D eigenvalue weighted by Crippen LogP contribution is -2.23. The van der Waals surface area contributed by atoms with Crippen LogP contribution in [0, 0.1) is 6.92 Å². The molecule has 1 rings (SSSR count). The second kappa shape index (κ2) is 4.62. The quantitative estimate of drug-likeness (QED) is 0.705. The molecule has 0 fully saturated rings. The van der Waals surface area contributed by atoms with E-state index in [1.807, 2.05) is 26.1 Å². The number of nitrogens with zero attached hydrogens (tertiary/aromatic N) is 1. The van der Waals surface area contributed by atoms with Crippen LogP contribution in [0.15, 0.2) is 17.1 Å². The summed E-state index contributed by atoms with van der Waals surface area (Å²) in [5.74, 6) is 0.676. The van der Waals surface area contributed by atoms with Gasteiger partial charge in [-0.25, -0.2) is 4.98 Å². The highest BCUT2D eigenvalue weighted by atomic mass is 16.3. The molecule has 0 aliphatic carbocycles. The molecule has 1 N–H and O–H groups in total. The summed E-state index contributed by atoms with van der Waals surface area (Å²) in [6, 6.07) is 0. The molecule has 0 unspecified atom stereocenters. The lowest BCUT2D eigenvalue weighted by atomic mass is 10.4. The van der Waals surface area contributed by atoms with E-state index in [0.29, 0.717) is 5.89 Å². The lowest BCUT2D eigenvalue weighted by molar-refractivity contribution is 0.491. The third kappa shape index (κ3) is 2.56. The number of allylic oxidation sites excluding steroid dienone is 1. The number of aromatic nitrogens is 1. The molecule has 13 heavy (non-hydrogen) atoms. The van der Waals surface area contributed by atoms with Crippen molar-refractivity contribution in [1.29, 1.82) is 0 Å². The summed E-state index contributed by atoms with van der Waals surface area (Å²) in [6.07, 6.45) is 5.49. The van der Waals surface area contributed by atoms with E-state index in [9.17, 15) is 0 Å². The number of rotatable bonds is 3. The Bertz CT molecular complexity index is 390. The smallest absolute Gasteiger partial charge is 0.192 e. The SMILES string of the molecule is C=C/C=c1/nc(C)o/c1=C/CNC. The van der Waals surface area contributed by atoms with E-state index in [0.717, 1.165) is 17.3 Å². The van der Waals surface area contributed by atoms with Gasteiger partial charge >= 0.3 is 0 Å². The Labute approximate surface area is 77.5 Å². The van der Waals surface area contributed by atoms with Crippen molar-refractivity contribution in [2.24, 2.45) is 0 Å². The molecule has 0 aliphatic rings. The van der Waals surface area contributed by atoms with Gasteiger partial charge in [0.05, 0.1) is 0 Å². The van der Waals surface area contributed by atoms with Gasteiger partial charge in [0.2, 0.25) is 0 Å². The number of aryl methyl sites for hydroxylation is 1. The average molecular weight is 178 g/mol. The zero-order valence-electron chi connectivity index (χ0n) is 8.00. The molecule has 70 valence electrons. The van der Waals surface area contributed by atoms with Gasteiger partial charge in [-0.05, 0) is 19.2 Å². The highest BCUT2D eigenvalue weighted by molar-refractivity contribution is 5.34. The molecular weight excluding hydrogens is 164 g/mol. The van der Waals surface area contributed by atoms with Crippen molar-refractivity contribution in [3.8, 4) is 0 Å². The maximum absolute atomic E-state index is 5.38. The van der Waals surface area contributed by atoms with Gasteiger partial charge < -0.3 is 9.73 Å². The molecule has 0 bridgehead atoms. The minimum atomic E-state index is 0.676. The van der Waals surface area contributed by atoms with E-state index in [1.54, 1.807) is 6.08 Å². The van der Waals surface area contributed by atoms with Crippen molar-refractivity contribution < 1.29 is 4.42 Å². The van der Waals surface area contributed by atoms with E-state index in [4.69, 9.17) is 4.42 Å². The van der Waals surface area contributed by atoms with Gasteiger partial charge in [0.1, 0.15) is 5.35 Å². The zero-order valence-corrected chi connectivity index (χ0v) is 8.00. The van der Waals surface area contributed by atoms with Crippen molar-refractivity contribution in [1.82, 2.24) is 10.3 Å². The molecular formula is C10H14N2O. The molecule has 0 spiro atoms. The Balaban J connectivity index is 3.19. The molecule has 0 saturated heterocycles. The van der Waals surface area contributed by atoms with Crippen LogP contribution < -0.4 is 16.1 Å². The number of nitrogens with one attached hydrogen (secondary N) is 1. The fourth-order valence-corrected chi connectivity index (χ4v) is 1.03. The molecule has 0 aliphatic heterocycles. The molecule has 1 aromatic rings. The van der Waals surface area contributed by atoms with Gasteiger partial charge in [-0.15, -0.1) is 0 Å². The van der Waals surface area contributed by atoms with Crippen molar-refractivity contribution in [3.05, 3.63) is 29.3 Å². The molecule has 0 radical (unpaired) electrons. The van der Waals surface area contributed by atoms with Crippen molar-refractivity contribution >= 4 is 12.2 Å². The summed E-state index contributed by atoms with van der Waals surface area (Å²) in [7, 11) is 1.89. The predicted octanol–water partition coefficient (Wildman–Crippen LogP) is -0.0506. The first-order chi connectivity index (χ1) is 6.27. The summed E-state index contributed by atoms with van der Waals surface area (Å²) >= 11 is 0. The van der Waals surface area contributed by atoms with E-state index >= 15 is 0 Å². The van der Waals surface area contributed by atoms with Crippen LogP contribution in [-0.2, 0) is 0 Å². The normalized spacial score (nSPS) is 13.7. The van der Waals surface area contributed by atoms with Gasteiger partial charge in [0.25, 0.3) is 0 Å². The summed E-state index contributed by atoms with van der Waals surface area (Å²) in [4.78, 5) is 4.20. The third-order valence-corrected chi connectivity index (χ3v) is 1.56. The second-order valence-electron chi connectivity index (χ2n) is 2.65. The molecule has 0 aromatic carbocycles. The van der Waals surface area contributed by atoms with Crippen LogP contribution in [0.4, 0.5) is 0 Å². The number of hydrogen-bond donors (Lipinski definition) is 1. The van der Waals surface area contributed by atoms with Crippen LogP contribution >= 0.6 is 0 Å². The minimum Gasteiger partial charge on any atom is -0.441 e. The maximum atomic E-state index is 5.38. The topological polar surface area (TPSA) is 38.1 Å². The standard InChI is InChI=1S/C10H14N2O/c1-4-5-9-10(6-7-11-3)13-8(2)12-9/h4-6,11H,1,7H2,2-3H3/b9-5+,10-6+. The van der Waals surface area contributed by atoms with Gasteiger partial charge in [0, 0.05) is 13.5 Å². The lowest BCUT2D eigenvalue weighted by Gasteiger charge is -1.84. The van der Waals surface area contributed by atoms with Gasteiger partial charge in [-0.3, -0.25) is 0 Å². The van der Waals surface area contributed by atoms with Gasteiger partial charge in [-0.1, -0.05) is 12.7 Å².